The van der Waals surface area contributed by atoms with Crippen LogP contribution in [0.15, 0.2) is 53.4 Å². The molecule has 0 bridgehead atoms. The molecule has 0 saturated carbocycles. The normalized spacial score (nSPS) is 11.0. The summed E-state index contributed by atoms with van der Waals surface area (Å²) in [6, 6.07) is 12.3. The van der Waals surface area contributed by atoms with Gasteiger partial charge in [0.25, 0.3) is 0 Å². The molecule has 8 nitrogen and oxygen atoms in total. The number of hydrogen-bond acceptors (Lipinski definition) is 6. The third kappa shape index (κ3) is 6.81. The van der Waals surface area contributed by atoms with Crippen molar-refractivity contribution < 1.29 is 27.5 Å². The van der Waals surface area contributed by atoms with Gasteiger partial charge in [-0.3, -0.25) is 14.4 Å². The first-order valence-corrected chi connectivity index (χ1v) is 10.3. The van der Waals surface area contributed by atoms with Crippen LogP contribution in [0.2, 0.25) is 0 Å². The molecule has 0 saturated heterocycles. The Morgan fingerprint density at radius 2 is 1.59 bits per heavy atom. The van der Waals surface area contributed by atoms with E-state index in [-0.39, 0.29) is 10.8 Å². The number of benzene rings is 2. The summed E-state index contributed by atoms with van der Waals surface area (Å²) in [5.74, 6) is -1.47. The van der Waals surface area contributed by atoms with Gasteiger partial charge in [-0.25, -0.2) is 8.42 Å². The van der Waals surface area contributed by atoms with Crippen molar-refractivity contribution in [2.45, 2.75) is 25.2 Å². The van der Waals surface area contributed by atoms with Crippen LogP contribution in [0.1, 0.15) is 29.3 Å². The van der Waals surface area contributed by atoms with E-state index in [0.717, 1.165) is 5.56 Å². The van der Waals surface area contributed by atoms with Gasteiger partial charge in [-0.05, 0) is 43.3 Å². The van der Waals surface area contributed by atoms with Crippen molar-refractivity contribution in [3.8, 4) is 0 Å². The van der Waals surface area contributed by atoms with Gasteiger partial charge >= 0.3 is 5.97 Å². The zero-order valence-electron chi connectivity index (χ0n) is 16.1. The molecule has 29 heavy (non-hydrogen) atoms. The fraction of sp³-hybridized carbons (Fsp3) is 0.250. The molecule has 2 rings (SSSR count). The number of hydrogen-bond donors (Lipinski definition) is 2. The first-order chi connectivity index (χ1) is 13.7. The molecular weight excluding hydrogens is 396 g/mol. The van der Waals surface area contributed by atoms with Gasteiger partial charge in [0.1, 0.15) is 6.54 Å². The molecule has 2 N–H and O–H groups in total. The quantitative estimate of drug-likeness (QED) is 0.475. The number of rotatable bonds is 9. The Balaban J connectivity index is 1.83. The number of aryl methyl sites for hydroxylation is 1. The molecule has 2 aromatic carbocycles. The molecule has 154 valence electrons. The number of carbonyl (C=O) groups is 3. The van der Waals surface area contributed by atoms with E-state index in [2.05, 4.69) is 10.0 Å². The predicted molar refractivity (Wildman–Crippen MR) is 107 cm³/mol. The Kier molecular flexibility index (Phi) is 7.63. The van der Waals surface area contributed by atoms with Crippen LogP contribution in [-0.2, 0) is 24.3 Å². The number of anilines is 1. The third-order valence-electron chi connectivity index (χ3n) is 3.91. The Bertz CT molecular complexity index is 983. The average molecular weight is 418 g/mol. The summed E-state index contributed by atoms with van der Waals surface area (Å²) in [6.07, 6.45) is 0.338. The fourth-order valence-corrected chi connectivity index (χ4v) is 3.19. The van der Waals surface area contributed by atoms with Gasteiger partial charge < -0.3 is 10.1 Å². The fourth-order valence-electron chi connectivity index (χ4n) is 2.22. The highest BCUT2D eigenvalue weighted by atomic mass is 32.2. The minimum Gasteiger partial charge on any atom is -0.456 e. The Labute approximate surface area is 169 Å². The summed E-state index contributed by atoms with van der Waals surface area (Å²) < 4.78 is 31.2. The maximum atomic E-state index is 12.1. The maximum absolute atomic E-state index is 12.1. The summed E-state index contributed by atoms with van der Waals surface area (Å²) in [4.78, 5) is 35.2. The highest BCUT2D eigenvalue weighted by Gasteiger charge is 2.17. The van der Waals surface area contributed by atoms with E-state index >= 15 is 0 Å². The number of sulfonamides is 1. The molecule has 0 atom stereocenters. The van der Waals surface area contributed by atoms with Gasteiger partial charge in [-0.15, -0.1) is 0 Å². The smallest absolute Gasteiger partial charge is 0.321 e. The lowest BCUT2D eigenvalue weighted by molar-refractivity contribution is -0.141. The average Bonchev–Trinajstić information content (AvgIpc) is 2.71. The van der Waals surface area contributed by atoms with Crippen LogP contribution in [0.25, 0.3) is 0 Å². The van der Waals surface area contributed by atoms with Gasteiger partial charge in [0.05, 0.1) is 4.90 Å². The molecule has 0 unspecified atom stereocenters. The molecule has 2 aromatic rings. The maximum Gasteiger partial charge on any atom is 0.321 e. The van der Waals surface area contributed by atoms with Crippen LogP contribution >= 0.6 is 0 Å². The molecule has 0 radical (unpaired) electrons. The van der Waals surface area contributed by atoms with E-state index in [1.165, 1.54) is 24.3 Å². The van der Waals surface area contributed by atoms with Crippen LogP contribution in [0.3, 0.4) is 0 Å². The monoisotopic (exact) mass is 418 g/mol. The van der Waals surface area contributed by atoms with Crippen molar-refractivity contribution in [2.75, 3.05) is 18.5 Å². The van der Waals surface area contributed by atoms with Crippen molar-refractivity contribution in [1.82, 2.24) is 4.72 Å². The van der Waals surface area contributed by atoms with Crippen LogP contribution in [0, 0.1) is 6.92 Å². The minimum absolute atomic E-state index is 0.0298. The molecule has 0 fully saturated rings. The first-order valence-electron chi connectivity index (χ1n) is 8.86. The summed E-state index contributed by atoms with van der Waals surface area (Å²) in [5.41, 5.74) is 1.76. The lowest BCUT2D eigenvalue weighted by Gasteiger charge is -2.08. The number of ether oxygens (including phenoxy) is 1. The van der Waals surface area contributed by atoms with Crippen molar-refractivity contribution in [3.63, 3.8) is 0 Å². The minimum atomic E-state index is -3.85. The van der Waals surface area contributed by atoms with E-state index in [9.17, 15) is 22.8 Å². The van der Waals surface area contributed by atoms with Crippen LogP contribution in [-0.4, -0.2) is 39.2 Å². The number of Topliss-reactive ketones (excluding diaryl/α,β-unsaturated/α-hetero) is 1. The van der Waals surface area contributed by atoms with E-state index < -0.39 is 34.9 Å². The molecule has 0 spiro atoms. The first kappa shape index (κ1) is 22.3. The zero-order valence-corrected chi connectivity index (χ0v) is 16.9. The highest BCUT2D eigenvalue weighted by molar-refractivity contribution is 7.89. The predicted octanol–water partition coefficient (Wildman–Crippen LogP) is 2.05. The van der Waals surface area contributed by atoms with Gasteiger partial charge in [-0.1, -0.05) is 24.6 Å². The van der Waals surface area contributed by atoms with Gasteiger partial charge in [0.2, 0.25) is 15.9 Å². The molecule has 1 amide bonds. The standard InChI is InChI=1S/C20H22N2O6S/c1-3-19(24)22-16-8-6-15(7-9-16)18(23)13-28-20(25)12-21-29(26,27)17-10-4-14(2)5-11-17/h4-11,21H,3,12-13H2,1-2H3,(H,22,24). The second kappa shape index (κ2) is 9.94. The van der Waals surface area contributed by atoms with Crippen LogP contribution < -0.4 is 10.0 Å². The van der Waals surface area contributed by atoms with Crippen molar-refractivity contribution in [3.05, 3.63) is 59.7 Å². The van der Waals surface area contributed by atoms with E-state index in [0.29, 0.717) is 17.7 Å². The SMILES string of the molecule is CCC(=O)Nc1ccc(C(=O)COC(=O)CNS(=O)(=O)c2ccc(C)cc2)cc1. The molecule has 0 aliphatic carbocycles. The Morgan fingerprint density at radius 1 is 0.966 bits per heavy atom. The molecule has 0 aliphatic rings. The Hall–Kier alpha value is -3.04. The number of nitrogens with one attached hydrogen (secondary N) is 2. The van der Waals surface area contributed by atoms with Gasteiger partial charge in [-0.2, -0.15) is 4.72 Å². The lowest BCUT2D eigenvalue weighted by atomic mass is 10.1. The second-order valence-corrected chi connectivity index (χ2v) is 7.97. The van der Waals surface area contributed by atoms with E-state index in [1.807, 2.05) is 6.92 Å². The Morgan fingerprint density at radius 3 is 2.17 bits per heavy atom. The van der Waals surface area contributed by atoms with E-state index in [1.54, 1.807) is 31.2 Å². The van der Waals surface area contributed by atoms with Crippen molar-refractivity contribution in [1.29, 1.82) is 0 Å². The number of ketones is 1. The number of esters is 1. The topological polar surface area (TPSA) is 119 Å². The molecule has 9 heteroatoms. The highest BCUT2D eigenvalue weighted by Crippen LogP contribution is 2.11. The number of amides is 1. The van der Waals surface area contributed by atoms with Crippen LogP contribution in [0.4, 0.5) is 5.69 Å². The van der Waals surface area contributed by atoms with Gasteiger partial charge in [0.15, 0.2) is 12.4 Å². The number of carbonyl (C=O) groups excluding carboxylic acids is 3. The third-order valence-corrected chi connectivity index (χ3v) is 5.33. The summed E-state index contributed by atoms with van der Waals surface area (Å²) in [6.45, 7) is 2.44. The molecule has 0 heterocycles. The van der Waals surface area contributed by atoms with Crippen LogP contribution in [0.5, 0.6) is 0 Å². The van der Waals surface area contributed by atoms with Crippen molar-refractivity contribution >= 4 is 33.4 Å². The second-order valence-electron chi connectivity index (χ2n) is 6.20. The van der Waals surface area contributed by atoms with E-state index in [4.69, 9.17) is 4.74 Å². The van der Waals surface area contributed by atoms with Gasteiger partial charge in [0, 0.05) is 17.7 Å². The zero-order chi connectivity index (χ0) is 21.4. The molecule has 0 aliphatic heterocycles. The molecule has 0 aromatic heterocycles. The lowest BCUT2D eigenvalue weighted by Crippen LogP contribution is -2.31. The largest absolute Gasteiger partial charge is 0.456 e. The summed E-state index contributed by atoms with van der Waals surface area (Å²) in [5, 5.41) is 2.65. The van der Waals surface area contributed by atoms with Crippen molar-refractivity contribution in [2.24, 2.45) is 0 Å². The summed E-state index contributed by atoms with van der Waals surface area (Å²) in [7, 11) is -3.85. The summed E-state index contributed by atoms with van der Waals surface area (Å²) >= 11 is 0. The molecular formula is C20H22N2O6S.